The van der Waals surface area contributed by atoms with E-state index >= 15 is 4.39 Å². The summed E-state index contributed by atoms with van der Waals surface area (Å²) in [5.41, 5.74) is 2.05. The molecule has 15 atom stereocenters. The van der Waals surface area contributed by atoms with E-state index in [-0.39, 0.29) is 73.6 Å². The summed E-state index contributed by atoms with van der Waals surface area (Å²) in [6, 6.07) is 4.26. The molecule has 5 rings (SSSR count). The number of rotatable bonds is 8. The molecule has 3 heterocycles. The number of ether oxygens (including phenoxy) is 6. The van der Waals surface area contributed by atoms with Gasteiger partial charge in [-0.3, -0.25) is 19.2 Å². The predicted molar refractivity (Wildman–Crippen MR) is 276 cm³/mol. The van der Waals surface area contributed by atoms with Crippen molar-refractivity contribution in [2.24, 2.45) is 35.5 Å². The van der Waals surface area contributed by atoms with E-state index in [9.17, 15) is 34.2 Å². The Hall–Kier alpha value is -4.54. The summed E-state index contributed by atoms with van der Waals surface area (Å²) in [5.74, 6) is -8.68. The fraction of sp³-hybridized carbons (Fsp3) is 0.672. The number of nitrogens with zero attached hydrogens (tertiary/aromatic N) is 1. The van der Waals surface area contributed by atoms with Crippen LogP contribution in [0.4, 0.5) is 4.39 Å². The molecule has 406 valence electrons. The normalized spacial score (nSPS) is 37.2. The van der Waals surface area contributed by atoms with E-state index in [4.69, 9.17) is 28.4 Å². The van der Waals surface area contributed by atoms with Crippen molar-refractivity contribution in [3.05, 3.63) is 71.4 Å². The van der Waals surface area contributed by atoms with Crippen LogP contribution >= 0.6 is 0 Å². The molecule has 3 fully saturated rings. The van der Waals surface area contributed by atoms with Gasteiger partial charge in [0.25, 0.3) is 17.5 Å². The second-order valence-electron chi connectivity index (χ2n) is 21.5. The van der Waals surface area contributed by atoms with Crippen molar-refractivity contribution in [1.82, 2.24) is 4.90 Å². The van der Waals surface area contributed by atoms with Crippen molar-refractivity contribution in [3.63, 3.8) is 0 Å². The molecule has 2 N–H and O–H groups in total. The van der Waals surface area contributed by atoms with Crippen molar-refractivity contribution >= 4 is 29.2 Å². The molecule has 14 nitrogen and oxygen atoms in total. The van der Waals surface area contributed by atoms with E-state index in [1.807, 2.05) is 70.2 Å². The van der Waals surface area contributed by atoms with Crippen molar-refractivity contribution in [2.75, 3.05) is 35.0 Å². The SMILES string of the molecule is COc1ccc([C@H]2C[C@@H]3CC[C@@H](C)[C@@](F)(O3)C(=O)C(=O)N3CCCC[C@H]3C(=O)O[C@H]([C@H](C)C[C@H]3CC[C@@H](O)[C@H](OC)C3)CC(=O)[C@H](C)/C=C(\C)[C@@H](O)[C@@H](OC)C(=O)[C@H](C)C[C@H](C)/C=C/C=C/C=C/2C)c(OC)c1. The number of carbonyl (C=O) groups is 5. The molecule has 0 unspecified atom stereocenters. The lowest BCUT2D eigenvalue weighted by molar-refractivity contribution is -0.229. The van der Waals surface area contributed by atoms with Gasteiger partial charge < -0.3 is 43.5 Å². The number of esters is 1. The highest BCUT2D eigenvalue weighted by Crippen LogP contribution is 2.44. The summed E-state index contributed by atoms with van der Waals surface area (Å²) >= 11 is 0. The van der Waals surface area contributed by atoms with Gasteiger partial charge in [0.05, 0.1) is 32.5 Å². The van der Waals surface area contributed by atoms with Gasteiger partial charge in [0.1, 0.15) is 41.6 Å². The predicted octanol–water partition coefficient (Wildman–Crippen LogP) is 8.94. The fourth-order valence-electron chi connectivity index (χ4n) is 11.3. The zero-order valence-electron chi connectivity index (χ0n) is 45.2. The summed E-state index contributed by atoms with van der Waals surface area (Å²) in [4.78, 5) is 72.6. The molecule has 1 aliphatic carbocycles. The molecule has 2 saturated heterocycles. The monoisotopic (exact) mass is 1020 g/mol. The van der Waals surface area contributed by atoms with Gasteiger partial charge in [-0.1, -0.05) is 82.7 Å². The number of cyclic esters (lactones) is 1. The molecule has 4 aliphatic rings. The smallest absolute Gasteiger partial charge is 0.329 e. The number of benzene rings is 1. The number of alkyl halides is 1. The standard InChI is InChI=1S/C58H84FNO13/c1-34-17-13-12-14-18-35(2)45(44-24-23-42(68-8)32-50(44)69-9)31-43-22-20-40(7)58(59,73-43)55(65)56(66)60-26-16-15-19-46(60)57(67)72-49(37(4)29-41-21-25-47(61)51(30-41)70-10)33-48(62)36(3)28-39(6)53(64)54(71-11)52(63)38(5)27-34/h12-14,17-18,23-24,28,32,34,36-38,40-41,43,45-47,49,51,53-54,61,64H,15-16,19-22,25-27,29-31,33H2,1-11H3/b14-12+,17-13+,35-18+,39-28+/t34-,36-,37-,38-,40-,41-,43+,45+,46+,47-,49+,51-,53-,54+,58-/m1/s1. The first-order valence-electron chi connectivity index (χ1n) is 26.5. The van der Waals surface area contributed by atoms with Gasteiger partial charge in [-0.2, -0.15) is 0 Å². The first kappa shape index (κ1) is 59.3. The number of hydrogen-bond acceptors (Lipinski definition) is 13. The van der Waals surface area contributed by atoms with Gasteiger partial charge in [-0.05, 0) is 114 Å². The van der Waals surface area contributed by atoms with E-state index in [2.05, 4.69) is 0 Å². The lowest BCUT2D eigenvalue weighted by Crippen LogP contribution is -2.59. The number of halogens is 1. The van der Waals surface area contributed by atoms with Crippen LogP contribution in [0.5, 0.6) is 11.5 Å². The van der Waals surface area contributed by atoms with E-state index in [1.54, 1.807) is 54.2 Å². The maximum atomic E-state index is 17.6. The molecule has 73 heavy (non-hydrogen) atoms. The number of amides is 1. The Balaban J connectivity index is 1.53. The molecular weight excluding hydrogens is 938 g/mol. The minimum Gasteiger partial charge on any atom is -0.497 e. The minimum atomic E-state index is -2.99. The topological polar surface area (TPSA) is 184 Å². The van der Waals surface area contributed by atoms with Gasteiger partial charge in [0.2, 0.25) is 0 Å². The zero-order chi connectivity index (χ0) is 53.7. The second-order valence-corrected chi connectivity index (χ2v) is 21.5. The van der Waals surface area contributed by atoms with Crippen LogP contribution in [0, 0.1) is 35.5 Å². The summed E-state index contributed by atoms with van der Waals surface area (Å²) in [6.45, 7) is 12.5. The van der Waals surface area contributed by atoms with Crippen molar-refractivity contribution in [2.45, 2.75) is 180 Å². The molecule has 1 amide bonds. The Bertz CT molecular complexity index is 2190. The number of ketones is 3. The summed E-state index contributed by atoms with van der Waals surface area (Å²) in [6.07, 6.45) is 10.7. The van der Waals surface area contributed by atoms with Crippen LogP contribution in [0.3, 0.4) is 0 Å². The van der Waals surface area contributed by atoms with Gasteiger partial charge in [-0.25, -0.2) is 9.18 Å². The highest BCUT2D eigenvalue weighted by molar-refractivity contribution is 6.39. The van der Waals surface area contributed by atoms with Crippen LogP contribution in [-0.2, 0) is 42.9 Å². The lowest BCUT2D eigenvalue weighted by Gasteiger charge is -2.41. The second kappa shape index (κ2) is 27.3. The molecule has 15 heteroatoms. The fourth-order valence-corrected chi connectivity index (χ4v) is 11.3. The third-order valence-corrected chi connectivity index (χ3v) is 16.0. The molecule has 0 spiro atoms. The molecule has 1 saturated carbocycles. The number of carbonyl (C=O) groups excluding carboxylic acids is 5. The summed E-state index contributed by atoms with van der Waals surface area (Å²) < 4.78 is 52.6. The molecule has 3 aliphatic heterocycles. The molecule has 1 aromatic rings. The van der Waals surface area contributed by atoms with Crippen molar-refractivity contribution in [1.29, 1.82) is 0 Å². The molecule has 0 aromatic heterocycles. The highest BCUT2D eigenvalue weighted by Gasteiger charge is 2.55. The average molecular weight is 1020 g/mol. The Kier molecular flexibility index (Phi) is 22.2. The number of hydrogen-bond donors (Lipinski definition) is 2. The third-order valence-electron chi connectivity index (χ3n) is 16.0. The van der Waals surface area contributed by atoms with Crippen LogP contribution in [0.1, 0.15) is 137 Å². The van der Waals surface area contributed by atoms with E-state index in [0.717, 1.165) is 16.0 Å². The first-order valence-corrected chi connectivity index (χ1v) is 26.5. The number of fused-ring (bicyclic) bond motifs is 3. The van der Waals surface area contributed by atoms with Gasteiger partial charge in [0, 0.05) is 62.5 Å². The van der Waals surface area contributed by atoms with Gasteiger partial charge >= 0.3 is 5.97 Å². The third kappa shape index (κ3) is 15.1. The Morgan fingerprint density at radius 3 is 2.27 bits per heavy atom. The maximum absolute atomic E-state index is 17.6. The average Bonchev–Trinajstić information content (AvgIpc) is 3.38. The Morgan fingerprint density at radius 2 is 1.59 bits per heavy atom. The maximum Gasteiger partial charge on any atom is 0.329 e. The van der Waals surface area contributed by atoms with E-state index < -0.39 is 77.8 Å². The quantitative estimate of drug-likeness (QED) is 0.143. The van der Waals surface area contributed by atoms with Gasteiger partial charge in [-0.15, -0.1) is 0 Å². The van der Waals surface area contributed by atoms with E-state index in [0.29, 0.717) is 68.4 Å². The number of piperidine rings is 1. The largest absolute Gasteiger partial charge is 0.497 e. The molecule has 1 aromatic carbocycles. The van der Waals surface area contributed by atoms with Crippen LogP contribution in [0.2, 0.25) is 0 Å². The van der Waals surface area contributed by atoms with Crippen molar-refractivity contribution < 1.29 is 67.0 Å². The Labute approximate surface area is 433 Å². The zero-order valence-corrected chi connectivity index (χ0v) is 45.2. The van der Waals surface area contributed by atoms with Crippen LogP contribution in [0.25, 0.3) is 0 Å². The summed E-state index contributed by atoms with van der Waals surface area (Å²) in [5, 5.41) is 22.1. The number of aliphatic hydroxyl groups excluding tert-OH is 2. The number of allylic oxidation sites excluding steroid dienone is 7. The number of Topliss-reactive ketones (excluding diaryl/α,β-unsaturated/α-hetero) is 3. The lowest BCUT2D eigenvalue weighted by atomic mass is 9.78. The van der Waals surface area contributed by atoms with Crippen LogP contribution < -0.4 is 9.47 Å². The van der Waals surface area contributed by atoms with E-state index in [1.165, 1.54) is 7.11 Å². The number of methoxy groups -OCH3 is 4. The highest BCUT2D eigenvalue weighted by atomic mass is 19.2. The Morgan fingerprint density at radius 1 is 0.849 bits per heavy atom. The molecule has 0 radical (unpaired) electrons. The summed E-state index contributed by atoms with van der Waals surface area (Å²) in [7, 11) is 6.05. The first-order chi connectivity index (χ1) is 34.7. The minimum absolute atomic E-state index is 0.0122. The van der Waals surface area contributed by atoms with Gasteiger partial charge in [0.15, 0.2) is 5.78 Å². The van der Waals surface area contributed by atoms with Crippen LogP contribution in [0.15, 0.2) is 65.8 Å². The molecular formula is C58H84FNO13. The van der Waals surface area contributed by atoms with Crippen LogP contribution in [-0.4, -0.2) is 128 Å². The molecule has 2 bridgehead atoms. The number of aliphatic hydroxyl groups is 2. The van der Waals surface area contributed by atoms with Crippen molar-refractivity contribution in [3.8, 4) is 11.5 Å².